The lowest BCUT2D eigenvalue weighted by molar-refractivity contribution is 0.0717. The van der Waals surface area contributed by atoms with E-state index in [1.807, 2.05) is 79.7 Å². The van der Waals surface area contributed by atoms with Crippen LogP contribution in [0, 0.1) is 6.92 Å². The maximum absolute atomic E-state index is 13.4. The fourth-order valence-electron chi connectivity index (χ4n) is 3.21. The molecular formula is C23H21N3O2. The molecule has 4 aromatic rings. The van der Waals surface area contributed by atoms with Gasteiger partial charge < -0.3 is 9.32 Å². The first-order valence-corrected chi connectivity index (χ1v) is 9.18. The van der Waals surface area contributed by atoms with Gasteiger partial charge in [-0.3, -0.25) is 4.79 Å². The number of hydrogen-bond donors (Lipinski definition) is 0. The van der Waals surface area contributed by atoms with E-state index < -0.39 is 0 Å². The van der Waals surface area contributed by atoms with E-state index >= 15 is 0 Å². The first-order valence-electron chi connectivity index (χ1n) is 9.18. The molecule has 0 fully saturated rings. The quantitative estimate of drug-likeness (QED) is 0.497. The summed E-state index contributed by atoms with van der Waals surface area (Å²) in [6.45, 7) is 2.81. The van der Waals surface area contributed by atoms with Crippen molar-refractivity contribution in [3.8, 4) is 5.69 Å². The normalized spacial score (nSPS) is 10.8. The van der Waals surface area contributed by atoms with Crippen molar-refractivity contribution >= 4 is 5.91 Å². The minimum absolute atomic E-state index is 0.0695. The van der Waals surface area contributed by atoms with Crippen molar-refractivity contribution in [1.29, 1.82) is 0 Å². The maximum atomic E-state index is 13.4. The minimum Gasteiger partial charge on any atom is -0.467 e. The van der Waals surface area contributed by atoms with Crippen LogP contribution >= 0.6 is 0 Å². The number of nitrogens with zero attached hydrogens (tertiary/aromatic N) is 3. The topological polar surface area (TPSA) is 51.3 Å². The van der Waals surface area contributed by atoms with E-state index in [1.165, 1.54) is 0 Å². The van der Waals surface area contributed by atoms with Crippen LogP contribution < -0.4 is 0 Å². The second kappa shape index (κ2) is 7.96. The SMILES string of the molecule is Cc1c(C(=O)N(Cc2ccccc2)Cc2ccco2)cnn1-c1ccccc1. The molecule has 0 aliphatic heterocycles. The molecule has 28 heavy (non-hydrogen) atoms. The lowest BCUT2D eigenvalue weighted by Crippen LogP contribution is -2.30. The number of aromatic nitrogens is 2. The molecule has 0 aliphatic rings. The summed E-state index contributed by atoms with van der Waals surface area (Å²) in [4.78, 5) is 15.2. The summed E-state index contributed by atoms with van der Waals surface area (Å²) >= 11 is 0. The summed E-state index contributed by atoms with van der Waals surface area (Å²) in [6, 6.07) is 23.5. The largest absolute Gasteiger partial charge is 0.467 e. The van der Waals surface area contributed by atoms with Crippen molar-refractivity contribution in [1.82, 2.24) is 14.7 Å². The molecule has 2 aromatic heterocycles. The lowest BCUT2D eigenvalue weighted by Gasteiger charge is -2.22. The third-order valence-electron chi connectivity index (χ3n) is 4.67. The Hall–Kier alpha value is -3.60. The molecule has 0 saturated heterocycles. The molecule has 5 heteroatoms. The van der Waals surface area contributed by atoms with Crippen molar-refractivity contribution in [3.05, 3.63) is 108 Å². The molecule has 140 valence electrons. The van der Waals surface area contributed by atoms with Crippen molar-refractivity contribution in [2.75, 3.05) is 0 Å². The summed E-state index contributed by atoms with van der Waals surface area (Å²) in [6.07, 6.45) is 3.27. The first-order chi connectivity index (χ1) is 13.7. The van der Waals surface area contributed by atoms with Gasteiger partial charge in [-0.25, -0.2) is 4.68 Å². The summed E-state index contributed by atoms with van der Waals surface area (Å²) in [7, 11) is 0. The highest BCUT2D eigenvalue weighted by Crippen LogP contribution is 2.19. The van der Waals surface area contributed by atoms with E-state index in [-0.39, 0.29) is 5.91 Å². The fourth-order valence-corrected chi connectivity index (χ4v) is 3.21. The second-order valence-electron chi connectivity index (χ2n) is 6.62. The molecule has 0 atom stereocenters. The minimum atomic E-state index is -0.0695. The molecule has 1 amide bonds. The Kier molecular flexibility index (Phi) is 5.06. The van der Waals surface area contributed by atoms with E-state index in [9.17, 15) is 4.79 Å². The Morgan fingerprint density at radius 3 is 2.36 bits per heavy atom. The molecular weight excluding hydrogens is 350 g/mol. The molecule has 0 saturated carbocycles. The van der Waals surface area contributed by atoms with Crippen molar-refractivity contribution < 1.29 is 9.21 Å². The molecule has 4 rings (SSSR count). The van der Waals surface area contributed by atoms with E-state index in [0.717, 1.165) is 22.7 Å². The van der Waals surface area contributed by atoms with Gasteiger partial charge in [0, 0.05) is 6.54 Å². The van der Waals surface area contributed by atoms with Gasteiger partial charge in [0.25, 0.3) is 5.91 Å². The van der Waals surface area contributed by atoms with Crippen molar-refractivity contribution in [2.24, 2.45) is 0 Å². The number of rotatable bonds is 6. The Balaban J connectivity index is 1.64. The van der Waals surface area contributed by atoms with Crippen LogP contribution in [-0.4, -0.2) is 20.6 Å². The van der Waals surface area contributed by atoms with Gasteiger partial charge in [-0.15, -0.1) is 0 Å². The number of furan rings is 1. The number of para-hydroxylation sites is 1. The predicted molar refractivity (Wildman–Crippen MR) is 107 cm³/mol. The van der Waals surface area contributed by atoms with Crippen LogP contribution in [0.1, 0.15) is 27.4 Å². The molecule has 5 nitrogen and oxygen atoms in total. The average molecular weight is 371 g/mol. The molecule has 0 unspecified atom stereocenters. The van der Waals surface area contributed by atoms with Crippen molar-refractivity contribution in [2.45, 2.75) is 20.0 Å². The van der Waals surface area contributed by atoms with E-state index in [0.29, 0.717) is 18.7 Å². The molecule has 0 N–H and O–H groups in total. The summed E-state index contributed by atoms with van der Waals surface area (Å²) in [5.41, 5.74) is 3.40. The molecule has 0 spiro atoms. The number of carbonyl (C=O) groups is 1. The molecule has 0 aliphatic carbocycles. The molecule has 2 aromatic carbocycles. The standard InChI is InChI=1S/C23H21N3O2/c1-18-22(15-24-26(18)20-11-6-3-7-12-20)23(27)25(17-21-13-8-14-28-21)16-19-9-4-2-5-10-19/h2-15H,16-17H2,1H3. The highest BCUT2D eigenvalue weighted by atomic mass is 16.3. The van der Waals surface area contributed by atoms with E-state index in [1.54, 1.807) is 22.0 Å². The Bertz CT molecular complexity index is 1040. The van der Waals surface area contributed by atoms with Gasteiger partial charge in [-0.2, -0.15) is 5.10 Å². The van der Waals surface area contributed by atoms with Gasteiger partial charge in [0.2, 0.25) is 0 Å². The predicted octanol–water partition coefficient (Wildman–Crippen LogP) is 4.62. The monoisotopic (exact) mass is 371 g/mol. The van der Waals surface area contributed by atoms with Gasteiger partial charge in [0.05, 0.1) is 35.9 Å². The van der Waals surface area contributed by atoms with Crippen molar-refractivity contribution in [3.63, 3.8) is 0 Å². The summed E-state index contributed by atoms with van der Waals surface area (Å²) in [5, 5.41) is 4.44. The summed E-state index contributed by atoms with van der Waals surface area (Å²) in [5.74, 6) is 0.678. The summed E-state index contributed by atoms with van der Waals surface area (Å²) < 4.78 is 7.27. The van der Waals surface area contributed by atoms with Crippen LogP contribution in [0.5, 0.6) is 0 Å². The third-order valence-corrected chi connectivity index (χ3v) is 4.67. The zero-order valence-electron chi connectivity index (χ0n) is 15.7. The van der Waals surface area contributed by atoms with Crippen LogP contribution in [0.4, 0.5) is 0 Å². The first kappa shape index (κ1) is 17.8. The Morgan fingerprint density at radius 2 is 1.68 bits per heavy atom. The number of amides is 1. The Morgan fingerprint density at radius 1 is 0.964 bits per heavy atom. The highest BCUT2D eigenvalue weighted by molar-refractivity contribution is 5.95. The number of hydrogen-bond acceptors (Lipinski definition) is 3. The van der Waals surface area contributed by atoms with Crippen LogP contribution in [0.15, 0.2) is 89.7 Å². The average Bonchev–Trinajstić information content (AvgIpc) is 3.38. The highest BCUT2D eigenvalue weighted by Gasteiger charge is 2.22. The Labute approximate surface area is 163 Å². The molecule has 2 heterocycles. The lowest BCUT2D eigenvalue weighted by atomic mass is 10.1. The third kappa shape index (κ3) is 3.74. The number of carbonyl (C=O) groups excluding carboxylic acids is 1. The zero-order valence-corrected chi connectivity index (χ0v) is 15.7. The van der Waals surface area contributed by atoms with Crippen LogP contribution in [0.3, 0.4) is 0 Å². The van der Waals surface area contributed by atoms with Crippen LogP contribution in [-0.2, 0) is 13.1 Å². The van der Waals surface area contributed by atoms with Gasteiger partial charge in [0.15, 0.2) is 0 Å². The molecule has 0 bridgehead atoms. The van der Waals surface area contributed by atoms with Gasteiger partial charge in [0.1, 0.15) is 5.76 Å². The van der Waals surface area contributed by atoms with Gasteiger partial charge in [-0.1, -0.05) is 48.5 Å². The van der Waals surface area contributed by atoms with E-state index in [2.05, 4.69) is 5.10 Å². The van der Waals surface area contributed by atoms with Gasteiger partial charge >= 0.3 is 0 Å². The maximum Gasteiger partial charge on any atom is 0.258 e. The number of benzene rings is 2. The van der Waals surface area contributed by atoms with Gasteiger partial charge in [-0.05, 0) is 36.8 Å². The zero-order chi connectivity index (χ0) is 19.3. The fraction of sp³-hybridized carbons (Fsp3) is 0.130. The van der Waals surface area contributed by atoms with Crippen LogP contribution in [0.25, 0.3) is 5.69 Å². The second-order valence-corrected chi connectivity index (χ2v) is 6.62. The molecule has 0 radical (unpaired) electrons. The van der Waals surface area contributed by atoms with E-state index in [4.69, 9.17) is 4.42 Å². The smallest absolute Gasteiger partial charge is 0.258 e. The van der Waals surface area contributed by atoms with Crippen LogP contribution in [0.2, 0.25) is 0 Å².